The van der Waals surface area contributed by atoms with E-state index in [4.69, 9.17) is 5.11 Å². The normalized spacial score (nSPS) is 10.1. The molecule has 0 saturated carbocycles. The van der Waals surface area contributed by atoms with E-state index in [1.165, 1.54) is 4.88 Å². The molecule has 0 bridgehead atoms. The first-order chi connectivity index (χ1) is 5.74. The van der Waals surface area contributed by atoms with Gasteiger partial charge in [-0.3, -0.25) is 4.79 Å². The molecule has 1 N–H and O–H groups in total. The van der Waals surface area contributed by atoms with Crippen LogP contribution in [0, 0.1) is 0 Å². The number of hydrogen-bond donors (Lipinski definition) is 1. The summed E-state index contributed by atoms with van der Waals surface area (Å²) in [5, 5.41) is 8.45. The minimum atomic E-state index is -0.759. The maximum Gasteiger partial charge on any atom is 0.303 e. The lowest BCUT2D eigenvalue weighted by molar-refractivity contribution is -0.136. The topological polar surface area (TPSA) is 50.2 Å². The minimum Gasteiger partial charge on any atom is -0.481 e. The van der Waals surface area contributed by atoms with Crippen molar-refractivity contribution in [3.05, 3.63) is 16.1 Å². The molecule has 1 aromatic rings. The third kappa shape index (κ3) is 2.30. The number of carboxylic acids is 1. The van der Waals surface area contributed by atoms with Gasteiger partial charge in [0.15, 0.2) is 0 Å². The number of aryl methyl sites for hydroxylation is 2. The van der Waals surface area contributed by atoms with E-state index in [2.05, 4.69) is 11.9 Å². The molecule has 12 heavy (non-hydrogen) atoms. The highest BCUT2D eigenvalue weighted by molar-refractivity contribution is 7.09. The van der Waals surface area contributed by atoms with Gasteiger partial charge in [-0.2, -0.15) is 0 Å². The fraction of sp³-hybridized carbons (Fsp3) is 0.500. The Morgan fingerprint density at radius 1 is 1.75 bits per heavy atom. The quantitative estimate of drug-likeness (QED) is 0.777. The van der Waals surface area contributed by atoms with Gasteiger partial charge in [-0.05, 0) is 6.42 Å². The van der Waals surface area contributed by atoms with Gasteiger partial charge in [-0.25, -0.2) is 4.98 Å². The van der Waals surface area contributed by atoms with Crippen molar-refractivity contribution in [3.63, 3.8) is 0 Å². The van der Waals surface area contributed by atoms with Crippen molar-refractivity contribution in [3.8, 4) is 0 Å². The highest BCUT2D eigenvalue weighted by atomic mass is 32.1. The Hall–Kier alpha value is -0.900. The zero-order valence-corrected chi connectivity index (χ0v) is 7.73. The Kier molecular flexibility index (Phi) is 3.22. The summed E-state index contributed by atoms with van der Waals surface area (Å²) in [6, 6.07) is 0. The Morgan fingerprint density at radius 3 is 3.08 bits per heavy atom. The van der Waals surface area contributed by atoms with Gasteiger partial charge >= 0.3 is 5.97 Å². The van der Waals surface area contributed by atoms with E-state index in [-0.39, 0.29) is 6.42 Å². The molecule has 0 aliphatic carbocycles. The average Bonchev–Trinajstić information content (AvgIpc) is 2.47. The molecule has 3 nitrogen and oxygen atoms in total. The summed E-state index contributed by atoms with van der Waals surface area (Å²) >= 11 is 1.60. The van der Waals surface area contributed by atoms with Crippen molar-refractivity contribution >= 4 is 17.3 Å². The van der Waals surface area contributed by atoms with E-state index in [1.54, 1.807) is 16.8 Å². The number of carbonyl (C=O) groups is 1. The van der Waals surface area contributed by atoms with Crippen molar-refractivity contribution in [1.29, 1.82) is 0 Å². The van der Waals surface area contributed by atoms with Gasteiger partial charge in [0.2, 0.25) is 0 Å². The lowest BCUT2D eigenvalue weighted by Gasteiger charge is -1.95. The SMILES string of the molecule is CCc1scnc1CCC(=O)O. The monoisotopic (exact) mass is 185 g/mol. The molecule has 0 aliphatic rings. The van der Waals surface area contributed by atoms with E-state index in [0.29, 0.717) is 6.42 Å². The smallest absolute Gasteiger partial charge is 0.303 e. The molecule has 1 heterocycles. The number of thiazole rings is 1. The maximum atomic E-state index is 10.3. The van der Waals surface area contributed by atoms with Crippen molar-refractivity contribution in [1.82, 2.24) is 4.98 Å². The first kappa shape index (κ1) is 9.19. The molecule has 0 unspecified atom stereocenters. The second-order valence-electron chi connectivity index (χ2n) is 2.47. The van der Waals surface area contributed by atoms with Crippen LogP contribution in [-0.2, 0) is 17.6 Å². The molecule has 0 amide bonds. The predicted molar refractivity (Wildman–Crippen MR) is 47.4 cm³/mol. The number of carboxylic acid groups (broad SMARTS) is 1. The summed E-state index contributed by atoms with van der Waals surface area (Å²) in [7, 11) is 0. The molecule has 0 fully saturated rings. The van der Waals surface area contributed by atoms with Crippen LogP contribution in [0.2, 0.25) is 0 Å². The van der Waals surface area contributed by atoms with E-state index in [1.807, 2.05) is 0 Å². The van der Waals surface area contributed by atoms with Gasteiger partial charge in [-0.15, -0.1) is 11.3 Å². The molecule has 0 radical (unpaired) electrons. The molecular formula is C8H11NO2S. The molecule has 0 spiro atoms. The summed E-state index contributed by atoms with van der Waals surface area (Å²) < 4.78 is 0. The first-order valence-electron chi connectivity index (χ1n) is 3.87. The number of hydrogen-bond acceptors (Lipinski definition) is 3. The number of rotatable bonds is 4. The zero-order chi connectivity index (χ0) is 8.97. The lowest BCUT2D eigenvalue weighted by Crippen LogP contribution is -1.99. The number of aromatic nitrogens is 1. The molecule has 0 atom stereocenters. The summed E-state index contributed by atoms with van der Waals surface area (Å²) in [5.41, 5.74) is 2.72. The molecule has 4 heteroatoms. The summed E-state index contributed by atoms with van der Waals surface area (Å²) in [6.45, 7) is 2.05. The first-order valence-corrected chi connectivity index (χ1v) is 4.75. The van der Waals surface area contributed by atoms with Crippen molar-refractivity contribution < 1.29 is 9.90 Å². The maximum absolute atomic E-state index is 10.3. The van der Waals surface area contributed by atoms with E-state index in [9.17, 15) is 4.79 Å². The summed E-state index contributed by atoms with van der Waals surface area (Å²) in [5.74, 6) is -0.759. The van der Waals surface area contributed by atoms with E-state index >= 15 is 0 Å². The van der Waals surface area contributed by atoms with Crippen molar-refractivity contribution in [2.45, 2.75) is 26.2 Å². The van der Waals surface area contributed by atoms with Crippen LogP contribution in [0.5, 0.6) is 0 Å². The van der Waals surface area contributed by atoms with Gasteiger partial charge in [-0.1, -0.05) is 6.92 Å². The van der Waals surface area contributed by atoms with Gasteiger partial charge in [0, 0.05) is 11.3 Å². The van der Waals surface area contributed by atoms with Gasteiger partial charge in [0.05, 0.1) is 17.6 Å². The van der Waals surface area contributed by atoms with Crippen molar-refractivity contribution in [2.24, 2.45) is 0 Å². The Morgan fingerprint density at radius 2 is 2.50 bits per heavy atom. The van der Waals surface area contributed by atoms with E-state index < -0.39 is 5.97 Å². The average molecular weight is 185 g/mol. The van der Waals surface area contributed by atoms with Crippen LogP contribution >= 0.6 is 11.3 Å². The fourth-order valence-electron chi connectivity index (χ4n) is 1.01. The van der Waals surface area contributed by atoms with Crippen LogP contribution in [0.3, 0.4) is 0 Å². The van der Waals surface area contributed by atoms with Crippen LogP contribution in [0.1, 0.15) is 23.9 Å². The lowest BCUT2D eigenvalue weighted by atomic mass is 10.2. The van der Waals surface area contributed by atoms with Crippen LogP contribution in [0.25, 0.3) is 0 Å². The zero-order valence-electron chi connectivity index (χ0n) is 6.91. The number of nitrogens with zero attached hydrogens (tertiary/aromatic N) is 1. The molecule has 0 saturated heterocycles. The van der Waals surface area contributed by atoms with Crippen LogP contribution in [0.4, 0.5) is 0 Å². The Bertz CT molecular complexity index is 270. The summed E-state index contributed by atoms with van der Waals surface area (Å²) in [6.07, 6.45) is 1.68. The van der Waals surface area contributed by atoms with Crippen LogP contribution < -0.4 is 0 Å². The fourth-order valence-corrected chi connectivity index (χ4v) is 1.77. The van der Waals surface area contributed by atoms with Gasteiger partial charge in [0.1, 0.15) is 0 Å². The van der Waals surface area contributed by atoms with Gasteiger partial charge < -0.3 is 5.11 Å². The molecular weight excluding hydrogens is 174 g/mol. The van der Waals surface area contributed by atoms with Crippen molar-refractivity contribution in [2.75, 3.05) is 0 Å². The minimum absolute atomic E-state index is 0.177. The summed E-state index contributed by atoms with van der Waals surface area (Å²) in [4.78, 5) is 15.6. The molecule has 0 aromatic carbocycles. The second-order valence-corrected chi connectivity index (χ2v) is 3.41. The third-order valence-corrected chi connectivity index (χ3v) is 2.64. The second kappa shape index (κ2) is 4.21. The molecule has 66 valence electrons. The molecule has 1 aromatic heterocycles. The standard InChI is InChI=1S/C8H11NO2S/c1-2-7-6(9-5-12-7)3-4-8(10)11/h5H,2-4H2,1H3,(H,10,11). The van der Waals surface area contributed by atoms with Crippen LogP contribution in [0.15, 0.2) is 5.51 Å². The predicted octanol–water partition coefficient (Wildman–Crippen LogP) is 1.72. The largest absolute Gasteiger partial charge is 0.481 e. The third-order valence-electron chi connectivity index (χ3n) is 1.62. The molecule has 1 rings (SSSR count). The Balaban J connectivity index is 2.56. The van der Waals surface area contributed by atoms with Crippen LogP contribution in [-0.4, -0.2) is 16.1 Å². The highest BCUT2D eigenvalue weighted by Crippen LogP contribution is 2.15. The highest BCUT2D eigenvalue weighted by Gasteiger charge is 2.05. The molecule has 0 aliphatic heterocycles. The Labute approximate surface area is 75.1 Å². The number of aliphatic carboxylic acids is 1. The van der Waals surface area contributed by atoms with E-state index in [0.717, 1.165) is 12.1 Å². The van der Waals surface area contributed by atoms with Gasteiger partial charge in [0.25, 0.3) is 0 Å².